The van der Waals surface area contributed by atoms with Crippen LogP contribution in [0.15, 0.2) is 30.9 Å². The van der Waals surface area contributed by atoms with Crippen LogP contribution in [0, 0.1) is 0 Å². The van der Waals surface area contributed by atoms with E-state index in [-0.39, 0.29) is 17.5 Å². The van der Waals surface area contributed by atoms with Gasteiger partial charge in [-0.3, -0.25) is 4.90 Å². The average Bonchev–Trinajstić information content (AvgIpc) is 2.40. The minimum absolute atomic E-state index is 0.0586. The van der Waals surface area contributed by atoms with Crippen molar-refractivity contribution in [3.8, 4) is 11.5 Å². The summed E-state index contributed by atoms with van der Waals surface area (Å²) < 4.78 is 0. The zero-order valence-corrected chi connectivity index (χ0v) is 10.5. The standard InChI is InChI=1S/C14H20N2O2/c1-2-3-12(16-8-6-15-7-9-16)11-4-5-13(17)14(18)10-11/h2,4-5,10,12,15,17-18H,1,3,6-9H2/t12-/m1/s1. The molecule has 1 aliphatic rings. The molecule has 1 aliphatic heterocycles. The third-order valence-electron chi connectivity index (χ3n) is 3.37. The Morgan fingerprint density at radius 1 is 1.28 bits per heavy atom. The van der Waals surface area contributed by atoms with Crippen molar-refractivity contribution in [2.45, 2.75) is 12.5 Å². The molecule has 0 aliphatic carbocycles. The number of nitrogens with zero attached hydrogens (tertiary/aromatic N) is 1. The second kappa shape index (κ2) is 5.89. The van der Waals surface area contributed by atoms with Crippen LogP contribution >= 0.6 is 0 Å². The molecule has 0 bridgehead atoms. The van der Waals surface area contributed by atoms with Crippen LogP contribution in [0.2, 0.25) is 0 Å². The highest BCUT2D eigenvalue weighted by molar-refractivity contribution is 5.41. The minimum Gasteiger partial charge on any atom is -0.504 e. The first-order valence-electron chi connectivity index (χ1n) is 6.30. The summed E-state index contributed by atoms with van der Waals surface area (Å²) in [6, 6.07) is 5.27. The van der Waals surface area contributed by atoms with Gasteiger partial charge >= 0.3 is 0 Å². The van der Waals surface area contributed by atoms with E-state index in [2.05, 4.69) is 16.8 Å². The summed E-state index contributed by atoms with van der Waals surface area (Å²) in [6.07, 6.45) is 2.74. The SMILES string of the molecule is C=CC[C@H](c1ccc(O)c(O)c1)N1CCNCC1. The molecule has 0 aromatic heterocycles. The fourth-order valence-electron chi connectivity index (χ4n) is 2.40. The molecule has 3 N–H and O–H groups in total. The molecule has 0 radical (unpaired) electrons. The third-order valence-corrected chi connectivity index (χ3v) is 3.37. The van der Waals surface area contributed by atoms with Gasteiger partial charge in [-0.15, -0.1) is 6.58 Å². The van der Waals surface area contributed by atoms with Crippen LogP contribution in [0.3, 0.4) is 0 Å². The molecule has 1 atom stereocenters. The Labute approximate surface area is 108 Å². The number of benzene rings is 1. The van der Waals surface area contributed by atoms with Crippen molar-refractivity contribution in [3.05, 3.63) is 36.4 Å². The predicted octanol–water partition coefficient (Wildman–Crippen LogP) is 1.62. The van der Waals surface area contributed by atoms with Crippen molar-refractivity contribution < 1.29 is 10.2 Å². The van der Waals surface area contributed by atoms with Crippen LogP contribution in [0.5, 0.6) is 11.5 Å². The van der Waals surface area contributed by atoms with E-state index in [1.165, 1.54) is 0 Å². The molecule has 0 unspecified atom stereocenters. The highest BCUT2D eigenvalue weighted by Crippen LogP contribution is 2.32. The molecular formula is C14H20N2O2. The van der Waals surface area contributed by atoms with E-state index in [1.54, 1.807) is 12.1 Å². The van der Waals surface area contributed by atoms with Crippen LogP contribution in [0.1, 0.15) is 18.0 Å². The minimum atomic E-state index is -0.0728. The van der Waals surface area contributed by atoms with Crippen LogP contribution < -0.4 is 5.32 Å². The molecule has 1 fully saturated rings. The van der Waals surface area contributed by atoms with Gasteiger partial charge in [-0.25, -0.2) is 0 Å². The number of phenols is 2. The van der Waals surface area contributed by atoms with Crippen molar-refractivity contribution in [2.24, 2.45) is 0 Å². The Balaban J connectivity index is 2.22. The van der Waals surface area contributed by atoms with Crippen LogP contribution in [-0.2, 0) is 0 Å². The van der Waals surface area contributed by atoms with Crippen molar-refractivity contribution >= 4 is 0 Å². The van der Waals surface area contributed by atoms with Gasteiger partial charge in [0.05, 0.1) is 0 Å². The van der Waals surface area contributed by atoms with Gasteiger partial charge in [-0.2, -0.15) is 0 Å². The second-order valence-electron chi connectivity index (χ2n) is 4.57. The van der Waals surface area contributed by atoms with Crippen molar-refractivity contribution in [2.75, 3.05) is 26.2 Å². The van der Waals surface area contributed by atoms with E-state index in [0.717, 1.165) is 38.2 Å². The fourth-order valence-corrected chi connectivity index (χ4v) is 2.40. The summed E-state index contributed by atoms with van der Waals surface area (Å²) in [5, 5.41) is 22.3. The topological polar surface area (TPSA) is 55.7 Å². The van der Waals surface area contributed by atoms with Crippen LogP contribution in [0.25, 0.3) is 0 Å². The summed E-state index contributed by atoms with van der Waals surface area (Å²) in [6.45, 7) is 7.75. The smallest absolute Gasteiger partial charge is 0.157 e. The molecule has 0 spiro atoms. The van der Waals surface area contributed by atoms with Gasteiger partial charge in [0, 0.05) is 32.2 Å². The average molecular weight is 248 g/mol. The summed E-state index contributed by atoms with van der Waals surface area (Å²) in [5.74, 6) is -0.131. The highest BCUT2D eigenvalue weighted by Gasteiger charge is 2.21. The lowest BCUT2D eigenvalue weighted by atomic mass is 10.0. The third kappa shape index (κ3) is 2.83. The maximum atomic E-state index is 9.61. The lowest BCUT2D eigenvalue weighted by molar-refractivity contribution is 0.174. The molecule has 98 valence electrons. The molecule has 2 rings (SSSR count). The number of nitrogens with one attached hydrogen (secondary N) is 1. The molecule has 18 heavy (non-hydrogen) atoms. The molecule has 4 heteroatoms. The van der Waals surface area contributed by atoms with Gasteiger partial charge in [0.1, 0.15) is 0 Å². The van der Waals surface area contributed by atoms with E-state index in [4.69, 9.17) is 0 Å². The van der Waals surface area contributed by atoms with Crippen molar-refractivity contribution in [1.29, 1.82) is 0 Å². The predicted molar refractivity (Wildman–Crippen MR) is 71.8 cm³/mol. The Morgan fingerprint density at radius 2 is 2.00 bits per heavy atom. The zero-order chi connectivity index (χ0) is 13.0. The Bertz CT molecular complexity index is 414. The maximum Gasteiger partial charge on any atom is 0.157 e. The molecule has 1 aromatic rings. The number of piperazine rings is 1. The Kier molecular flexibility index (Phi) is 4.23. The molecule has 0 amide bonds. The summed E-state index contributed by atoms with van der Waals surface area (Å²) in [7, 11) is 0. The summed E-state index contributed by atoms with van der Waals surface area (Å²) in [4.78, 5) is 2.38. The summed E-state index contributed by atoms with van der Waals surface area (Å²) >= 11 is 0. The number of hydrogen-bond donors (Lipinski definition) is 3. The van der Waals surface area contributed by atoms with Crippen LogP contribution in [-0.4, -0.2) is 41.3 Å². The first-order chi connectivity index (χ1) is 8.72. The second-order valence-corrected chi connectivity index (χ2v) is 4.57. The molecule has 0 saturated carbocycles. The van der Waals surface area contributed by atoms with E-state index in [9.17, 15) is 10.2 Å². The molecule has 1 heterocycles. The number of aromatic hydroxyl groups is 2. The first kappa shape index (κ1) is 12.9. The monoisotopic (exact) mass is 248 g/mol. The lowest BCUT2D eigenvalue weighted by Crippen LogP contribution is -2.45. The normalized spacial score (nSPS) is 18.4. The largest absolute Gasteiger partial charge is 0.504 e. The van der Waals surface area contributed by atoms with Gasteiger partial charge in [-0.05, 0) is 24.1 Å². The fraction of sp³-hybridized carbons (Fsp3) is 0.429. The number of phenolic OH excluding ortho intramolecular Hbond substituents is 2. The van der Waals surface area contributed by atoms with E-state index in [0.29, 0.717) is 0 Å². The Hall–Kier alpha value is -1.52. The van der Waals surface area contributed by atoms with Gasteiger partial charge in [0.15, 0.2) is 11.5 Å². The van der Waals surface area contributed by atoms with E-state index in [1.807, 2.05) is 12.1 Å². The van der Waals surface area contributed by atoms with E-state index < -0.39 is 0 Å². The molecule has 4 nitrogen and oxygen atoms in total. The highest BCUT2D eigenvalue weighted by atomic mass is 16.3. The van der Waals surface area contributed by atoms with Gasteiger partial charge in [0.2, 0.25) is 0 Å². The molecule has 1 saturated heterocycles. The summed E-state index contributed by atoms with van der Waals surface area (Å²) in [5.41, 5.74) is 1.02. The Morgan fingerprint density at radius 3 is 2.61 bits per heavy atom. The van der Waals surface area contributed by atoms with Crippen molar-refractivity contribution in [1.82, 2.24) is 10.2 Å². The molecular weight excluding hydrogens is 228 g/mol. The maximum absolute atomic E-state index is 9.61. The van der Waals surface area contributed by atoms with Crippen molar-refractivity contribution in [3.63, 3.8) is 0 Å². The number of hydrogen-bond acceptors (Lipinski definition) is 4. The van der Waals surface area contributed by atoms with Crippen LogP contribution in [0.4, 0.5) is 0 Å². The first-order valence-corrected chi connectivity index (χ1v) is 6.30. The lowest BCUT2D eigenvalue weighted by Gasteiger charge is -2.34. The van der Waals surface area contributed by atoms with Gasteiger partial charge in [-0.1, -0.05) is 12.1 Å². The van der Waals surface area contributed by atoms with E-state index >= 15 is 0 Å². The molecule has 1 aromatic carbocycles. The van der Waals surface area contributed by atoms with Gasteiger partial charge in [0.25, 0.3) is 0 Å². The zero-order valence-electron chi connectivity index (χ0n) is 10.5. The quantitative estimate of drug-likeness (QED) is 0.560. The number of rotatable bonds is 4. The van der Waals surface area contributed by atoms with Gasteiger partial charge < -0.3 is 15.5 Å².